The van der Waals surface area contributed by atoms with Gasteiger partial charge >= 0.3 is 11.6 Å². The lowest BCUT2D eigenvalue weighted by atomic mass is 10.0. The summed E-state index contributed by atoms with van der Waals surface area (Å²) in [5.74, 6) is -1.13. The van der Waals surface area contributed by atoms with Crippen LogP contribution >= 0.6 is 0 Å². The quantitative estimate of drug-likeness (QED) is 0.721. The third-order valence-corrected chi connectivity index (χ3v) is 4.43. The van der Waals surface area contributed by atoms with E-state index in [-0.39, 0.29) is 5.92 Å². The number of nitrogens with one attached hydrogen (secondary N) is 1. The minimum absolute atomic E-state index is 0.123. The van der Waals surface area contributed by atoms with Gasteiger partial charge in [-0.05, 0) is 50.8 Å². The number of amides is 1. The van der Waals surface area contributed by atoms with Gasteiger partial charge in [0.2, 0.25) is 0 Å². The SMILES string of the molecule is Cc1c(C)c2ccc(O[C@H](C)C(=O)N[C@H](CC(C)C)C(=O)O)cc2oc1=O. The van der Waals surface area contributed by atoms with Gasteiger partial charge in [0.15, 0.2) is 6.10 Å². The van der Waals surface area contributed by atoms with Crippen LogP contribution < -0.4 is 15.7 Å². The minimum Gasteiger partial charge on any atom is -0.481 e. The summed E-state index contributed by atoms with van der Waals surface area (Å²) in [6, 6.07) is 4.03. The van der Waals surface area contributed by atoms with Gasteiger partial charge in [-0.3, -0.25) is 4.79 Å². The molecule has 0 aliphatic carbocycles. The van der Waals surface area contributed by atoms with Gasteiger partial charge in [-0.15, -0.1) is 0 Å². The number of carboxylic acid groups (broad SMARTS) is 1. The first-order valence-corrected chi connectivity index (χ1v) is 8.84. The van der Waals surface area contributed by atoms with E-state index in [2.05, 4.69) is 5.32 Å². The highest BCUT2D eigenvalue weighted by atomic mass is 16.5. The van der Waals surface area contributed by atoms with Gasteiger partial charge in [-0.25, -0.2) is 9.59 Å². The lowest BCUT2D eigenvalue weighted by Crippen LogP contribution is -2.46. The molecule has 2 N–H and O–H groups in total. The van der Waals surface area contributed by atoms with Crippen LogP contribution in [0.5, 0.6) is 5.75 Å². The first-order chi connectivity index (χ1) is 12.6. The van der Waals surface area contributed by atoms with Gasteiger partial charge in [0.1, 0.15) is 17.4 Å². The summed E-state index contributed by atoms with van der Waals surface area (Å²) >= 11 is 0. The van der Waals surface area contributed by atoms with E-state index in [4.69, 9.17) is 9.15 Å². The second kappa shape index (κ2) is 8.24. The normalized spacial score (nSPS) is 13.4. The molecule has 0 saturated heterocycles. The van der Waals surface area contributed by atoms with E-state index < -0.39 is 29.6 Å². The van der Waals surface area contributed by atoms with E-state index >= 15 is 0 Å². The summed E-state index contributed by atoms with van der Waals surface area (Å²) in [6.45, 7) is 8.84. The van der Waals surface area contributed by atoms with Crippen LogP contribution in [0, 0.1) is 19.8 Å². The van der Waals surface area contributed by atoms with Gasteiger partial charge in [0, 0.05) is 17.0 Å². The topological polar surface area (TPSA) is 106 Å². The number of aryl methyl sites for hydroxylation is 1. The van der Waals surface area contributed by atoms with Crippen molar-refractivity contribution in [1.82, 2.24) is 5.32 Å². The summed E-state index contributed by atoms with van der Waals surface area (Å²) in [7, 11) is 0. The summed E-state index contributed by atoms with van der Waals surface area (Å²) in [6.07, 6.45) is -0.581. The Bertz CT molecular complexity index is 915. The molecule has 27 heavy (non-hydrogen) atoms. The number of carboxylic acids is 1. The molecule has 0 spiro atoms. The zero-order chi connectivity index (χ0) is 20.3. The number of fused-ring (bicyclic) bond motifs is 1. The van der Waals surface area contributed by atoms with Crippen LogP contribution in [0.25, 0.3) is 11.0 Å². The van der Waals surface area contributed by atoms with Gasteiger partial charge in [0.05, 0.1) is 0 Å². The molecule has 7 heteroatoms. The van der Waals surface area contributed by atoms with Crippen LogP contribution in [-0.4, -0.2) is 29.1 Å². The smallest absolute Gasteiger partial charge is 0.339 e. The average molecular weight is 375 g/mol. The third-order valence-electron chi connectivity index (χ3n) is 4.43. The Morgan fingerprint density at radius 1 is 1.19 bits per heavy atom. The molecular formula is C20H25NO6. The van der Waals surface area contributed by atoms with Gasteiger partial charge in [-0.1, -0.05) is 13.8 Å². The molecule has 1 heterocycles. The van der Waals surface area contributed by atoms with E-state index in [1.807, 2.05) is 20.8 Å². The van der Waals surface area contributed by atoms with Crippen LogP contribution in [0.2, 0.25) is 0 Å². The molecule has 0 saturated carbocycles. The summed E-state index contributed by atoms with van der Waals surface area (Å²) < 4.78 is 10.9. The first kappa shape index (κ1) is 20.5. The minimum atomic E-state index is -1.08. The molecule has 0 unspecified atom stereocenters. The molecule has 2 aromatic rings. The molecule has 1 amide bonds. The maximum Gasteiger partial charge on any atom is 0.339 e. The fourth-order valence-corrected chi connectivity index (χ4v) is 2.74. The second-order valence-corrected chi connectivity index (χ2v) is 7.09. The van der Waals surface area contributed by atoms with Crippen LogP contribution in [0.4, 0.5) is 0 Å². The van der Waals surface area contributed by atoms with Crippen molar-refractivity contribution in [3.63, 3.8) is 0 Å². The van der Waals surface area contributed by atoms with Crippen molar-refractivity contribution in [1.29, 1.82) is 0 Å². The number of rotatable bonds is 7. The average Bonchev–Trinajstić information content (AvgIpc) is 2.58. The van der Waals surface area contributed by atoms with Crippen molar-refractivity contribution >= 4 is 22.8 Å². The highest BCUT2D eigenvalue weighted by Crippen LogP contribution is 2.24. The summed E-state index contributed by atoms with van der Waals surface area (Å²) in [5.41, 5.74) is 1.34. The number of carbonyl (C=O) groups is 2. The summed E-state index contributed by atoms with van der Waals surface area (Å²) in [5, 5.41) is 12.5. The number of hydrogen-bond acceptors (Lipinski definition) is 5. The lowest BCUT2D eigenvalue weighted by molar-refractivity contribution is -0.143. The zero-order valence-electron chi connectivity index (χ0n) is 16.2. The van der Waals surface area contributed by atoms with Crippen molar-refractivity contribution < 1.29 is 23.8 Å². The number of ether oxygens (including phenoxy) is 1. The summed E-state index contributed by atoms with van der Waals surface area (Å²) in [4.78, 5) is 35.4. The fraction of sp³-hybridized carbons (Fsp3) is 0.450. The van der Waals surface area contributed by atoms with Gasteiger partial charge in [-0.2, -0.15) is 0 Å². The molecule has 0 aliphatic rings. The highest BCUT2D eigenvalue weighted by molar-refractivity contribution is 5.86. The van der Waals surface area contributed by atoms with E-state index in [1.54, 1.807) is 25.1 Å². The largest absolute Gasteiger partial charge is 0.481 e. The maximum absolute atomic E-state index is 12.3. The Morgan fingerprint density at radius 3 is 2.44 bits per heavy atom. The molecule has 7 nitrogen and oxygen atoms in total. The molecule has 0 fully saturated rings. The van der Waals surface area contributed by atoms with E-state index in [1.165, 1.54) is 6.92 Å². The Morgan fingerprint density at radius 2 is 1.85 bits per heavy atom. The lowest BCUT2D eigenvalue weighted by Gasteiger charge is -2.20. The number of hydrogen-bond donors (Lipinski definition) is 2. The van der Waals surface area contributed by atoms with Crippen molar-refractivity contribution in [3.8, 4) is 5.75 Å². The Balaban J connectivity index is 2.16. The molecule has 1 aromatic carbocycles. The Labute approximate surface area is 157 Å². The predicted octanol–water partition coefficient (Wildman–Crippen LogP) is 2.79. The van der Waals surface area contributed by atoms with Gasteiger partial charge in [0.25, 0.3) is 5.91 Å². The molecule has 2 atom stereocenters. The number of carbonyl (C=O) groups excluding carboxylic acids is 1. The molecule has 2 rings (SSSR count). The van der Waals surface area contributed by atoms with Crippen molar-refractivity contribution in [2.75, 3.05) is 0 Å². The Kier molecular flexibility index (Phi) is 6.25. The number of aliphatic carboxylic acids is 1. The molecule has 0 bridgehead atoms. The monoisotopic (exact) mass is 375 g/mol. The van der Waals surface area contributed by atoms with Crippen LogP contribution in [0.15, 0.2) is 27.4 Å². The van der Waals surface area contributed by atoms with Crippen LogP contribution in [0.1, 0.15) is 38.3 Å². The van der Waals surface area contributed by atoms with Crippen LogP contribution in [0.3, 0.4) is 0 Å². The molecule has 0 radical (unpaired) electrons. The van der Waals surface area contributed by atoms with E-state index in [9.17, 15) is 19.5 Å². The fourth-order valence-electron chi connectivity index (χ4n) is 2.74. The van der Waals surface area contributed by atoms with Crippen molar-refractivity contribution in [2.45, 2.75) is 53.2 Å². The molecule has 1 aromatic heterocycles. The second-order valence-electron chi connectivity index (χ2n) is 7.09. The third kappa shape index (κ3) is 4.87. The van der Waals surface area contributed by atoms with Gasteiger partial charge < -0.3 is 19.6 Å². The van der Waals surface area contributed by atoms with E-state index in [0.717, 1.165) is 10.9 Å². The van der Waals surface area contributed by atoms with Crippen molar-refractivity contribution in [3.05, 3.63) is 39.7 Å². The first-order valence-electron chi connectivity index (χ1n) is 8.84. The molecular weight excluding hydrogens is 350 g/mol. The van der Waals surface area contributed by atoms with Crippen molar-refractivity contribution in [2.24, 2.45) is 5.92 Å². The Hall–Kier alpha value is -2.83. The molecule has 146 valence electrons. The molecule has 0 aliphatic heterocycles. The maximum atomic E-state index is 12.3. The highest BCUT2D eigenvalue weighted by Gasteiger charge is 2.24. The van der Waals surface area contributed by atoms with E-state index in [0.29, 0.717) is 23.3 Å². The zero-order valence-corrected chi connectivity index (χ0v) is 16.2. The standard InChI is InChI=1S/C20H25NO6/c1-10(2)8-16(19(23)24)21-18(22)13(5)26-14-6-7-15-11(3)12(4)20(25)27-17(15)9-14/h6-7,9-10,13,16H,8H2,1-5H3,(H,21,22)(H,23,24)/t13-,16-/m1/s1. The predicted molar refractivity (Wildman–Crippen MR) is 101 cm³/mol. The van der Waals surface area contributed by atoms with Crippen LogP contribution in [-0.2, 0) is 9.59 Å². The number of benzene rings is 1.